The first-order chi connectivity index (χ1) is 7.63. The van der Waals surface area contributed by atoms with Gasteiger partial charge in [0.2, 0.25) is 0 Å². The van der Waals surface area contributed by atoms with E-state index in [0.29, 0.717) is 13.1 Å². The summed E-state index contributed by atoms with van der Waals surface area (Å²) in [7, 11) is 1.93. The first-order valence-corrected chi connectivity index (χ1v) is 5.79. The van der Waals surface area contributed by atoms with E-state index in [4.69, 9.17) is 5.73 Å². The summed E-state index contributed by atoms with van der Waals surface area (Å²) in [5.41, 5.74) is 7.84. The van der Waals surface area contributed by atoms with Crippen LogP contribution in [0.4, 0.5) is 5.82 Å². The molecule has 3 N–H and O–H groups in total. The fourth-order valence-electron chi connectivity index (χ4n) is 2.47. The van der Waals surface area contributed by atoms with Crippen LogP contribution in [0.1, 0.15) is 24.1 Å². The highest BCUT2D eigenvalue weighted by Gasteiger charge is 2.23. The second-order valence-corrected chi connectivity index (χ2v) is 4.46. The summed E-state index contributed by atoms with van der Waals surface area (Å²) in [6, 6.07) is 0. The largest absolute Gasteiger partial charge is 0.391 e. The van der Waals surface area contributed by atoms with Crippen molar-refractivity contribution in [3.8, 4) is 0 Å². The highest BCUT2D eigenvalue weighted by molar-refractivity contribution is 5.50. The molecule has 0 amide bonds. The molecule has 0 aromatic carbocycles. The van der Waals surface area contributed by atoms with Crippen LogP contribution in [0.3, 0.4) is 0 Å². The predicted molar refractivity (Wildman–Crippen MR) is 63.3 cm³/mol. The lowest BCUT2D eigenvalue weighted by molar-refractivity contribution is 0.153. The number of nitrogens with zero attached hydrogens (tertiary/aromatic N) is 3. The van der Waals surface area contributed by atoms with Crippen molar-refractivity contribution < 1.29 is 5.11 Å². The van der Waals surface area contributed by atoms with E-state index in [2.05, 4.69) is 10.00 Å². The topological polar surface area (TPSA) is 67.3 Å². The Morgan fingerprint density at radius 1 is 1.56 bits per heavy atom. The molecule has 1 saturated heterocycles. The van der Waals surface area contributed by atoms with Crippen molar-refractivity contribution in [2.45, 2.75) is 32.4 Å². The van der Waals surface area contributed by atoms with Gasteiger partial charge in [0.1, 0.15) is 5.82 Å². The number of aryl methyl sites for hydroxylation is 2. The van der Waals surface area contributed by atoms with Crippen molar-refractivity contribution >= 4 is 5.82 Å². The molecule has 1 aromatic rings. The van der Waals surface area contributed by atoms with Crippen molar-refractivity contribution in [3.63, 3.8) is 0 Å². The van der Waals surface area contributed by atoms with Crippen LogP contribution in [0, 0.1) is 6.92 Å². The van der Waals surface area contributed by atoms with Crippen LogP contribution < -0.4 is 10.6 Å². The number of piperidine rings is 1. The minimum atomic E-state index is -0.227. The second kappa shape index (κ2) is 4.43. The highest BCUT2D eigenvalue weighted by Crippen LogP contribution is 2.25. The van der Waals surface area contributed by atoms with Gasteiger partial charge in [0.05, 0.1) is 11.8 Å². The molecule has 0 bridgehead atoms. The van der Waals surface area contributed by atoms with Gasteiger partial charge in [0.25, 0.3) is 0 Å². The zero-order chi connectivity index (χ0) is 11.7. The Hall–Kier alpha value is -1.07. The Bertz CT molecular complexity index is 374. The van der Waals surface area contributed by atoms with Crippen LogP contribution in [0.5, 0.6) is 0 Å². The van der Waals surface area contributed by atoms with E-state index in [0.717, 1.165) is 36.5 Å². The molecule has 2 heterocycles. The maximum atomic E-state index is 9.70. The lowest BCUT2D eigenvalue weighted by Crippen LogP contribution is -2.39. The molecule has 2 rings (SSSR count). The number of hydrogen-bond donors (Lipinski definition) is 2. The van der Waals surface area contributed by atoms with Crippen LogP contribution in [-0.4, -0.2) is 34.1 Å². The van der Waals surface area contributed by atoms with Gasteiger partial charge in [-0.1, -0.05) is 0 Å². The molecule has 0 spiro atoms. The van der Waals surface area contributed by atoms with Gasteiger partial charge in [-0.2, -0.15) is 5.10 Å². The third kappa shape index (κ3) is 1.92. The van der Waals surface area contributed by atoms with Crippen molar-refractivity contribution in [1.82, 2.24) is 9.78 Å². The molecule has 0 saturated carbocycles. The Morgan fingerprint density at radius 3 is 2.94 bits per heavy atom. The molecule has 0 radical (unpaired) electrons. The third-order valence-electron chi connectivity index (χ3n) is 3.21. The maximum Gasteiger partial charge on any atom is 0.131 e. The summed E-state index contributed by atoms with van der Waals surface area (Å²) < 4.78 is 1.87. The Labute approximate surface area is 95.8 Å². The van der Waals surface area contributed by atoms with E-state index in [1.165, 1.54) is 0 Å². The van der Waals surface area contributed by atoms with Crippen molar-refractivity contribution in [2.75, 3.05) is 18.0 Å². The lowest BCUT2D eigenvalue weighted by Gasteiger charge is -2.32. The molecular formula is C11H20N4O. The summed E-state index contributed by atoms with van der Waals surface area (Å²) in [5.74, 6) is 1.07. The SMILES string of the molecule is Cc1nn(C)c(N2CCCC(O)C2)c1CN. The summed E-state index contributed by atoms with van der Waals surface area (Å²) in [4.78, 5) is 2.19. The average molecular weight is 224 g/mol. The number of aromatic nitrogens is 2. The minimum absolute atomic E-state index is 0.227. The van der Waals surface area contributed by atoms with Gasteiger partial charge in [0, 0.05) is 32.2 Å². The van der Waals surface area contributed by atoms with E-state index in [9.17, 15) is 5.11 Å². The molecule has 0 aliphatic carbocycles. The summed E-state index contributed by atoms with van der Waals surface area (Å²) in [6.45, 7) is 4.14. The van der Waals surface area contributed by atoms with Crippen LogP contribution >= 0.6 is 0 Å². The average Bonchev–Trinajstić information content (AvgIpc) is 2.52. The van der Waals surface area contributed by atoms with E-state index in [1.807, 2.05) is 18.7 Å². The molecular weight excluding hydrogens is 204 g/mol. The fraction of sp³-hybridized carbons (Fsp3) is 0.727. The standard InChI is InChI=1S/C11H20N4O/c1-8-10(6-12)11(14(2)13-8)15-5-3-4-9(16)7-15/h9,16H,3-7,12H2,1-2H3. The van der Waals surface area contributed by atoms with Crippen molar-refractivity contribution in [3.05, 3.63) is 11.3 Å². The number of nitrogens with two attached hydrogens (primary N) is 1. The minimum Gasteiger partial charge on any atom is -0.391 e. The van der Waals surface area contributed by atoms with Crippen molar-refractivity contribution in [1.29, 1.82) is 0 Å². The molecule has 16 heavy (non-hydrogen) atoms. The smallest absolute Gasteiger partial charge is 0.131 e. The van der Waals surface area contributed by atoms with Crippen LogP contribution in [0.25, 0.3) is 0 Å². The summed E-state index contributed by atoms with van der Waals surface area (Å²) >= 11 is 0. The van der Waals surface area contributed by atoms with Gasteiger partial charge in [0.15, 0.2) is 0 Å². The summed E-state index contributed by atoms with van der Waals surface area (Å²) in [6.07, 6.45) is 1.69. The number of anilines is 1. The molecule has 90 valence electrons. The van der Waals surface area contributed by atoms with E-state index in [-0.39, 0.29) is 6.10 Å². The number of aliphatic hydroxyl groups excluding tert-OH is 1. The van der Waals surface area contributed by atoms with Gasteiger partial charge in [-0.25, -0.2) is 0 Å². The molecule has 1 aliphatic rings. The molecule has 5 nitrogen and oxygen atoms in total. The number of β-amino-alcohol motifs (C(OH)–C–C–N with tert-alkyl or cyclic N) is 1. The van der Waals surface area contributed by atoms with E-state index < -0.39 is 0 Å². The third-order valence-corrected chi connectivity index (χ3v) is 3.21. The lowest BCUT2D eigenvalue weighted by atomic mass is 10.1. The fourth-order valence-corrected chi connectivity index (χ4v) is 2.47. The molecule has 1 aromatic heterocycles. The van der Waals surface area contributed by atoms with Gasteiger partial charge >= 0.3 is 0 Å². The monoisotopic (exact) mass is 224 g/mol. The van der Waals surface area contributed by atoms with E-state index >= 15 is 0 Å². The zero-order valence-electron chi connectivity index (χ0n) is 9.98. The molecule has 1 unspecified atom stereocenters. The van der Waals surface area contributed by atoms with Gasteiger partial charge < -0.3 is 15.7 Å². The van der Waals surface area contributed by atoms with Crippen LogP contribution in [0.15, 0.2) is 0 Å². The first-order valence-electron chi connectivity index (χ1n) is 5.79. The molecule has 5 heteroatoms. The molecule has 1 aliphatic heterocycles. The maximum absolute atomic E-state index is 9.70. The van der Waals surface area contributed by atoms with Gasteiger partial charge in [-0.3, -0.25) is 4.68 Å². The van der Waals surface area contributed by atoms with Crippen LogP contribution in [-0.2, 0) is 13.6 Å². The number of aliphatic hydroxyl groups is 1. The number of rotatable bonds is 2. The van der Waals surface area contributed by atoms with E-state index in [1.54, 1.807) is 0 Å². The summed E-state index contributed by atoms with van der Waals surface area (Å²) in [5, 5.41) is 14.1. The Balaban J connectivity index is 2.31. The Kier molecular flexibility index (Phi) is 3.16. The zero-order valence-corrected chi connectivity index (χ0v) is 9.98. The Morgan fingerprint density at radius 2 is 2.31 bits per heavy atom. The molecule has 1 fully saturated rings. The predicted octanol–water partition coefficient (Wildman–Crippen LogP) is 0.148. The van der Waals surface area contributed by atoms with Crippen LogP contribution in [0.2, 0.25) is 0 Å². The number of hydrogen-bond acceptors (Lipinski definition) is 4. The first kappa shape index (κ1) is 11.4. The molecule has 1 atom stereocenters. The highest BCUT2D eigenvalue weighted by atomic mass is 16.3. The quantitative estimate of drug-likeness (QED) is 0.750. The second-order valence-electron chi connectivity index (χ2n) is 4.46. The van der Waals surface area contributed by atoms with Gasteiger partial charge in [-0.15, -0.1) is 0 Å². The normalized spacial score (nSPS) is 21.5. The van der Waals surface area contributed by atoms with Crippen molar-refractivity contribution in [2.24, 2.45) is 12.8 Å². The van der Waals surface area contributed by atoms with Gasteiger partial charge in [-0.05, 0) is 19.8 Å².